The monoisotopic (exact) mass is 312 g/mol. The first kappa shape index (κ1) is 14.7. The molecule has 2 aromatic rings. The predicted octanol–water partition coefficient (Wildman–Crippen LogP) is 2.23. The summed E-state index contributed by atoms with van der Waals surface area (Å²) in [5.74, 6) is -0.183. The highest BCUT2D eigenvalue weighted by atomic mass is 32.2. The van der Waals surface area contributed by atoms with Gasteiger partial charge < -0.3 is 11.1 Å². The molecule has 0 radical (unpaired) electrons. The van der Waals surface area contributed by atoms with Crippen LogP contribution in [-0.2, 0) is 4.79 Å². The van der Waals surface area contributed by atoms with Gasteiger partial charge in [-0.25, -0.2) is 4.39 Å². The van der Waals surface area contributed by atoms with Crippen molar-refractivity contribution in [3.8, 4) is 0 Å². The van der Waals surface area contributed by atoms with Crippen molar-refractivity contribution in [1.82, 2.24) is 15.5 Å². The van der Waals surface area contributed by atoms with Crippen LogP contribution in [0, 0.1) is 5.82 Å². The number of nitrogen functional groups attached to an aromatic ring is 1. The molecule has 0 aliphatic rings. The number of carbonyl (C=O) groups excluding carboxylic acids is 1. The van der Waals surface area contributed by atoms with Crippen molar-refractivity contribution in [3.63, 3.8) is 0 Å². The van der Waals surface area contributed by atoms with Crippen molar-refractivity contribution >= 4 is 34.1 Å². The van der Waals surface area contributed by atoms with Gasteiger partial charge in [-0.05, 0) is 24.6 Å². The SMILES string of the molecule is C[C@H](NC(=O)CSc1nnc(N)s1)c1ccc(F)cc1. The van der Waals surface area contributed by atoms with Crippen LogP contribution in [-0.4, -0.2) is 21.9 Å². The molecular weight excluding hydrogens is 299 g/mol. The Bertz CT molecular complexity index is 587. The van der Waals surface area contributed by atoms with E-state index in [1.807, 2.05) is 6.92 Å². The Morgan fingerprint density at radius 2 is 2.15 bits per heavy atom. The van der Waals surface area contributed by atoms with Gasteiger partial charge in [0, 0.05) is 0 Å². The van der Waals surface area contributed by atoms with E-state index in [0.717, 1.165) is 5.56 Å². The summed E-state index contributed by atoms with van der Waals surface area (Å²) < 4.78 is 13.5. The minimum Gasteiger partial charge on any atom is -0.374 e. The highest BCUT2D eigenvalue weighted by Crippen LogP contribution is 2.23. The molecule has 106 valence electrons. The van der Waals surface area contributed by atoms with Gasteiger partial charge in [-0.1, -0.05) is 35.2 Å². The first-order chi connectivity index (χ1) is 9.54. The number of nitrogens with two attached hydrogens (primary N) is 1. The van der Waals surface area contributed by atoms with E-state index in [0.29, 0.717) is 9.47 Å². The standard InChI is InChI=1S/C12H13FN4OS2/c1-7(8-2-4-9(13)5-3-8)15-10(18)6-19-12-17-16-11(14)20-12/h2-5,7H,6H2,1H3,(H2,14,16)(H,15,18)/t7-/m0/s1. The van der Waals surface area contributed by atoms with Gasteiger partial charge in [-0.2, -0.15) is 0 Å². The number of thioether (sulfide) groups is 1. The van der Waals surface area contributed by atoms with Crippen molar-refractivity contribution in [2.75, 3.05) is 11.5 Å². The molecule has 3 N–H and O–H groups in total. The summed E-state index contributed by atoms with van der Waals surface area (Å²) >= 11 is 2.53. The first-order valence-corrected chi connectivity index (χ1v) is 7.61. The topological polar surface area (TPSA) is 80.9 Å². The molecule has 1 heterocycles. The number of aromatic nitrogens is 2. The second kappa shape index (κ2) is 6.67. The van der Waals surface area contributed by atoms with Gasteiger partial charge in [0.1, 0.15) is 5.82 Å². The van der Waals surface area contributed by atoms with Crippen molar-refractivity contribution in [2.24, 2.45) is 0 Å². The second-order valence-electron chi connectivity index (χ2n) is 4.04. The Balaban J connectivity index is 1.83. The molecule has 1 aromatic heterocycles. The van der Waals surface area contributed by atoms with Crippen LogP contribution in [0.5, 0.6) is 0 Å². The van der Waals surface area contributed by atoms with E-state index < -0.39 is 0 Å². The molecule has 0 bridgehead atoms. The van der Waals surface area contributed by atoms with Crippen LogP contribution in [0.1, 0.15) is 18.5 Å². The number of carbonyl (C=O) groups is 1. The van der Waals surface area contributed by atoms with E-state index in [2.05, 4.69) is 15.5 Å². The molecule has 1 amide bonds. The summed E-state index contributed by atoms with van der Waals surface area (Å²) in [7, 11) is 0. The first-order valence-electron chi connectivity index (χ1n) is 5.81. The molecule has 0 unspecified atom stereocenters. The fourth-order valence-electron chi connectivity index (χ4n) is 1.52. The fourth-order valence-corrected chi connectivity index (χ4v) is 2.97. The number of halogens is 1. The highest BCUT2D eigenvalue weighted by Gasteiger charge is 2.11. The van der Waals surface area contributed by atoms with E-state index in [-0.39, 0.29) is 23.5 Å². The zero-order valence-corrected chi connectivity index (χ0v) is 12.3. The molecule has 0 spiro atoms. The zero-order chi connectivity index (χ0) is 14.5. The van der Waals surface area contributed by atoms with E-state index in [1.165, 1.54) is 35.2 Å². The Kier molecular flexibility index (Phi) is 4.91. The number of nitrogens with one attached hydrogen (secondary N) is 1. The van der Waals surface area contributed by atoms with Crippen LogP contribution in [0.15, 0.2) is 28.6 Å². The summed E-state index contributed by atoms with van der Waals surface area (Å²) in [5.41, 5.74) is 6.31. The lowest BCUT2D eigenvalue weighted by Crippen LogP contribution is -2.28. The van der Waals surface area contributed by atoms with Crippen molar-refractivity contribution in [2.45, 2.75) is 17.3 Å². The second-order valence-corrected chi connectivity index (χ2v) is 6.27. The van der Waals surface area contributed by atoms with Gasteiger partial charge in [-0.15, -0.1) is 10.2 Å². The lowest BCUT2D eigenvalue weighted by molar-refractivity contribution is -0.119. The average molecular weight is 312 g/mol. The van der Waals surface area contributed by atoms with E-state index in [9.17, 15) is 9.18 Å². The van der Waals surface area contributed by atoms with Gasteiger partial charge in [0.2, 0.25) is 11.0 Å². The average Bonchev–Trinajstić information content (AvgIpc) is 2.83. The molecule has 1 aromatic carbocycles. The summed E-state index contributed by atoms with van der Waals surface area (Å²) in [5, 5.41) is 10.7. The lowest BCUT2D eigenvalue weighted by Gasteiger charge is -2.13. The van der Waals surface area contributed by atoms with Crippen LogP contribution in [0.25, 0.3) is 0 Å². The third kappa shape index (κ3) is 4.17. The van der Waals surface area contributed by atoms with Crippen LogP contribution in [0.2, 0.25) is 0 Å². The van der Waals surface area contributed by atoms with Crippen LogP contribution >= 0.6 is 23.1 Å². The van der Waals surface area contributed by atoms with Crippen molar-refractivity contribution in [3.05, 3.63) is 35.6 Å². The molecule has 2 rings (SSSR count). The largest absolute Gasteiger partial charge is 0.374 e. The van der Waals surface area contributed by atoms with Gasteiger partial charge in [0.25, 0.3) is 0 Å². The van der Waals surface area contributed by atoms with Gasteiger partial charge >= 0.3 is 0 Å². The number of anilines is 1. The Hall–Kier alpha value is -1.67. The molecule has 0 fully saturated rings. The highest BCUT2D eigenvalue weighted by molar-refractivity contribution is 8.01. The van der Waals surface area contributed by atoms with Crippen LogP contribution in [0.4, 0.5) is 9.52 Å². The maximum Gasteiger partial charge on any atom is 0.230 e. The third-order valence-electron chi connectivity index (χ3n) is 2.50. The Morgan fingerprint density at radius 1 is 1.45 bits per heavy atom. The number of amides is 1. The van der Waals surface area contributed by atoms with Crippen LogP contribution in [0.3, 0.4) is 0 Å². The smallest absolute Gasteiger partial charge is 0.230 e. The van der Waals surface area contributed by atoms with Crippen LogP contribution < -0.4 is 11.1 Å². The van der Waals surface area contributed by atoms with E-state index in [1.54, 1.807) is 12.1 Å². The number of hydrogen-bond acceptors (Lipinski definition) is 6. The number of rotatable bonds is 5. The minimum atomic E-state index is -0.295. The molecule has 8 heteroatoms. The molecular formula is C12H13FN4OS2. The Labute approximate surface area is 123 Å². The van der Waals surface area contributed by atoms with Gasteiger partial charge in [0.05, 0.1) is 11.8 Å². The molecule has 1 atom stereocenters. The number of benzene rings is 1. The maximum atomic E-state index is 12.8. The van der Waals surface area contributed by atoms with Crippen molar-refractivity contribution in [1.29, 1.82) is 0 Å². The van der Waals surface area contributed by atoms with Gasteiger partial charge in [0.15, 0.2) is 4.34 Å². The zero-order valence-electron chi connectivity index (χ0n) is 10.7. The summed E-state index contributed by atoms with van der Waals surface area (Å²) in [4.78, 5) is 11.8. The summed E-state index contributed by atoms with van der Waals surface area (Å²) in [6.45, 7) is 1.85. The van der Waals surface area contributed by atoms with Crippen molar-refractivity contribution < 1.29 is 9.18 Å². The fraction of sp³-hybridized carbons (Fsp3) is 0.250. The quantitative estimate of drug-likeness (QED) is 0.828. The molecule has 0 aliphatic carbocycles. The number of nitrogens with zero attached hydrogens (tertiary/aromatic N) is 2. The number of hydrogen-bond donors (Lipinski definition) is 2. The molecule has 5 nitrogen and oxygen atoms in total. The molecule has 20 heavy (non-hydrogen) atoms. The molecule has 0 saturated heterocycles. The summed E-state index contributed by atoms with van der Waals surface area (Å²) in [6, 6.07) is 5.87. The molecule has 0 saturated carbocycles. The molecule has 0 aliphatic heterocycles. The Morgan fingerprint density at radius 3 is 2.75 bits per heavy atom. The van der Waals surface area contributed by atoms with Gasteiger partial charge in [-0.3, -0.25) is 4.79 Å². The maximum absolute atomic E-state index is 12.8. The van der Waals surface area contributed by atoms with E-state index in [4.69, 9.17) is 5.73 Å². The summed E-state index contributed by atoms with van der Waals surface area (Å²) in [6.07, 6.45) is 0. The lowest BCUT2D eigenvalue weighted by atomic mass is 10.1. The third-order valence-corrected chi connectivity index (χ3v) is 4.38. The minimum absolute atomic E-state index is 0.124. The van der Waals surface area contributed by atoms with E-state index >= 15 is 0 Å². The normalized spacial score (nSPS) is 12.1. The predicted molar refractivity (Wildman–Crippen MR) is 78.0 cm³/mol.